The van der Waals surface area contributed by atoms with Crippen LogP contribution in [0.25, 0.3) is 6.08 Å². The van der Waals surface area contributed by atoms with Crippen molar-refractivity contribution >= 4 is 51.6 Å². The summed E-state index contributed by atoms with van der Waals surface area (Å²) in [6.45, 7) is 10.4. The minimum absolute atomic E-state index is 0.0793. The summed E-state index contributed by atoms with van der Waals surface area (Å²) in [4.78, 5) is 26.6. The Morgan fingerprint density at radius 1 is 1.19 bits per heavy atom. The van der Waals surface area contributed by atoms with E-state index in [9.17, 15) is 9.59 Å². The van der Waals surface area contributed by atoms with Crippen LogP contribution in [0.5, 0.6) is 11.5 Å². The molecule has 0 saturated carbocycles. The fourth-order valence-corrected chi connectivity index (χ4v) is 4.21. The van der Waals surface area contributed by atoms with Crippen LogP contribution in [0.4, 0.5) is 4.79 Å². The minimum Gasteiger partial charge on any atom is -0.490 e. The summed E-state index contributed by atoms with van der Waals surface area (Å²) in [6.07, 6.45) is 3.46. The third kappa shape index (κ3) is 5.19. The third-order valence-corrected chi connectivity index (χ3v) is 6.06. The molecule has 1 aromatic rings. The van der Waals surface area contributed by atoms with E-state index >= 15 is 0 Å². The van der Waals surface area contributed by atoms with Gasteiger partial charge in [0.1, 0.15) is 0 Å². The number of hydrogen-bond acceptors (Lipinski definition) is 5. The summed E-state index contributed by atoms with van der Waals surface area (Å²) in [7, 11) is 0. The number of carbonyl (C=O) groups excluding carboxylic acids is 2. The van der Waals surface area contributed by atoms with Gasteiger partial charge in [0.25, 0.3) is 11.1 Å². The first-order chi connectivity index (χ1) is 12.8. The molecule has 0 bridgehead atoms. The van der Waals surface area contributed by atoms with E-state index in [1.165, 1.54) is 4.90 Å². The first kappa shape index (κ1) is 22.1. The van der Waals surface area contributed by atoms with Crippen LogP contribution in [0, 0.1) is 3.57 Å². The van der Waals surface area contributed by atoms with Crippen molar-refractivity contribution in [2.75, 3.05) is 6.61 Å². The summed E-state index contributed by atoms with van der Waals surface area (Å²) < 4.78 is 12.7. The molecule has 148 valence electrons. The van der Waals surface area contributed by atoms with Gasteiger partial charge in [-0.3, -0.25) is 14.5 Å². The summed E-state index contributed by atoms with van der Waals surface area (Å²) in [5, 5.41) is -0.211. The van der Waals surface area contributed by atoms with Gasteiger partial charge >= 0.3 is 0 Å². The van der Waals surface area contributed by atoms with Crippen LogP contribution in [0.3, 0.4) is 0 Å². The predicted octanol–water partition coefficient (Wildman–Crippen LogP) is 5.70. The molecule has 0 unspecified atom stereocenters. The number of amides is 2. The molecule has 2 amide bonds. The first-order valence-corrected chi connectivity index (χ1v) is 11.1. The molecule has 2 rings (SSSR count). The van der Waals surface area contributed by atoms with E-state index in [1.807, 2.05) is 39.8 Å². The number of imide groups is 1. The summed E-state index contributed by atoms with van der Waals surface area (Å²) in [5.41, 5.74) is 0.814. The van der Waals surface area contributed by atoms with E-state index in [-0.39, 0.29) is 23.3 Å². The van der Waals surface area contributed by atoms with Crippen LogP contribution in [0.15, 0.2) is 17.0 Å². The van der Waals surface area contributed by atoms with Crippen LogP contribution in [0.2, 0.25) is 0 Å². The lowest BCUT2D eigenvalue weighted by atomic mass is 10.1. The highest BCUT2D eigenvalue weighted by Crippen LogP contribution is 2.38. The van der Waals surface area contributed by atoms with E-state index in [4.69, 9.17) is 9.47 Å². The molecular weight excluding hydrogens is 477 g/mol. The third-order valence-electron chi connectivity index (χ3n) is 4.38. The number of nitrogens with zero attached hydrogens (tertiary/aromatic N) is 1. The van der Waals surface area contributed by atoms with Gasteiger partial charge in [-0.05, 0) is 91.7 Å². The maximum absolute atomic E-state index is 12.6. The molecule has 0 aromatic heterocycles. The number of hydrogen-bond donors (Lipinski definition) is 0. The first-order valence-electron chi connectivity index (χ1n) is 9.22. The molecule has 1 heterocycles. The fourth-order valence-electron chi connectivity index (χ4n) is 2.53. The molecule has 1 aliphatic heterocycles. The van der Waals surface area contributed by atoms with Crippen LogP contribution in [0.1, 0.15) is 53.0 Å². The lowest BCUT2D eigenvalue weighted by molar-refractivity contribution is -0.124. The second-order valence-electron chi connectivity index (χ2n) is 6.41. The van der Waals surface area contributed by atoms with E-state index in [2.05, 4.69) is 29.5 Å². The molecule has 1 saturated heterocycles. The standard InChI is InChI=1S/C20H26INO4S/c1-6-12(4)22-19(23)17(27-20(22)24)11-14-9-15(21)18(26-13(5)7-2)16(10-14)25-8-3/h9-13H,6-8H2,1-5H3/b17-11+/t12-,13+/m0/s1. The van der Waals surface area contributed by atoms with Crippen LogP contribution >= 0.6 is 34.4 Å². The van der Waals surface area contributed by atoms with Crippen molar-refractivity contribution in [1.29, 1.82) is 0 Å². The van der Waals surface area contributed by atoms with Gasteiger partial charge in [-0.2, -0.15) is 0 Å². The highest BCUT2D eigenvalue weighted by atomic mass is 127. The molecule has 0 N–H and O–H groups in total. The molecule has 1 aliphatic rings. The quantitative estimate of drug-likeness (QED) is 0.337. The largest absolute Gasteiger partial charge is 0.490 e. The molecule has 2 atom stereocenters. The normalized spacial score (nSPS) is 18.1. The zero-order valence-corrected chi connectivity index (χ0v) is 19.3. The Hall–Kier alpha value is -1.22. The Balaban J connectivity index is 2.38. The van der Waals surface area contributed by atoms with Crippen molar-refractivity contribution in [1.82, 2.24) is 4.90 Å². The molecule has 5 nitrogen and oxygen atoms in total. The van der Waals surface area contributed by atoms with Crippen molar-refractivity contribution < 1.29 is 19.1 Å². The topological polar surface area (TPSA) is 55.8 Å². The molecule has 1 fully saturated rings. The Morgan fingerprint density at radius 2 is 1.89 bits per heavy atom. The Labute approximate surface area is 179 Å². The molecule has 0 spiro atoms. The van der Waals surface area contributed by atoms with Gasteiger partial charge in [0.05, 0.1) is 21.2 Å². The molecule has 27 heavy (non-hydrogen) atoms. The summed E-state index contributed by atoms with van der Waals surface area (Å²) in [5.74, 6) is 1.14. The van der Waals surface area contributed by atoms with E-state index in [0.29, 0.717) is 17.3 Å². The SMILES string of the molecule is CCOc1cc(/C=C2/SC(=O)N([C@@H](C)CC)C2=O)cc(I)c1O[C@H](C)CC. The van der Waals surface area contributed by atoms with Crippen molar-refractivity contribution in [2.45, 2.75) is 59.6 Å². The van der Waals surface area contributed by atoms with Gasteiger partial charge in [-0.25, -0.2) is 0 Å². The molecule has 0 radical (unpaired) electrons. The number of carbonyl (C=O) groups is 2. The zero-order chi connectivity index (χ0) is 20.1. The van der Waals surface area contributed by atoms with E-state index < -0.39 is 0 Å². The van der Waals surface area contributed by atoms with Gasteiger partial charge in [0.15, 0.2) is 11.5 Å². The highest BCUT2D eigenvalue weighted by Gasteiger charge is 2.37. The average Bonchev–Trinajstić information content (AvgIpc) is 2.90. The van der Waals surface area contributed by atoms with E-state index in [1.54, 1.807) is 6.08 Å². The van der Waals surface area contributed by atoms with Crippen LogP contribution in [-0.2, 0) is 4.79 Å². The Morgan fingerprint density at radius 3 is 2.48 bits per heavy atom. The Bertz CT molecular complexity index is 750. The number of benzene rings is 1. The number of halogens is 1. The van der Waals surface area contributed by atoms with Crippen molar-refractivity contribution in [3.63, 3.8) is 0 Å². The lowest BCUT2D eigenvalue weighted by Crippen LogP contribution is -2.36. The maximum atomic E-state index is 12.6. The fraction of sp³-hybridized carbons (Fsp3) is 0.500. The van der Waals surface area contributed by atoms with Gasteiger partial charge < -0.3 is 9.47 Å². The predicted molar refractivity (Wildman–Crippen MR) is 118 cm³/mol. The second-order valence-corrected chi connectivity index (χ2v) is 8.56. The van der Waals surface area contributed by atoms with Gasteiger partial charge in [0, 0.05) is 6.04 Å². The monoisotopic (exact) mass is 503 g/mol. The number of ether oxygens (including phenoxy) is 2. The van der Waals surface area contributed by atoms with Gasteiger partial charge in [0.2, 0.25) is 0 Å². The van der Waals surface area contributed by atoms with Crippen molar-refractivity contribution in [2.24, 2.45) is 0 Å². The van der Waals surface area contributed by atoms with E-state index in [0.717, 1.165) is 39.5 Å². The van der Waals surface area contributed by atoms with Gasteiger partial charge in [-0.15, -0.1) is 0 Å². The van der Waals surface area contributed by atoms with Gasteiger partial charge in [-0.1, -0.05) is 13.8 Å². The second kappa shape index (κ2) is 9.82. The highest BCUT2D eigenvalue weighted by molar-refractivity contribution is 14.1. The zero-order valence-electron chi connectivity index (χ0n) is 16.4. The molecule has 1 aromatic carbocycles. The Kier molecular flexibility index (Phi) is 8.03. The van der Waals surface area contributed by atoms with Crippen LogP contribution < -0.4 is 9.47 Å². The maximum Gasteiger partial charge on any atom is 0.293 e. The lowest BCUT2D eigenvalue weighted by Gasteiger charge is -2.19. The minimum atomic E-state index is -0.229. The smallest absolute Gasteiger partial charge is 0.293 e. The summed E-state index contributed by atoms with van der Waals surface area (Å²) >= 11 is 3.20. The number of rotatable bonds is 8. The van der Waals surface area contributed by atoms with Crippen molar-refractivity contribution in [3.8, 4) is 11.5 Å². The molecule has 7 heteroatoms. The summed E-state index contributed by atoms with van der Waals surface area (Å²) in [6, 6.07) is 3.70. The number of thioether (sulfide) groups is 1. The average molecular weight is 503 g/mol. The van der Waals surface area contributed by atoms with Crippen molar-refractivity contribution in [3.05, 3.63) is 26.2 Å². The molecular formula is C20H26INO4S. The molecule has 0 aliphatic carbocycles. The van der Waals surface area contributed by atoms with Crippen LogP contribution in [-0.4, -0.2) is 34.8 Å².